The van der Waals surface area contributed by atoms with Crippen molar-refractivity contribution in [2.75, 3.05) is 10.5 Å². The highest BCUT2D eigenvalue weighted by atomic mass is 79.9. The Bertz CT molecular complexity index is 262. The second-order valence-electron chi connectivity index (χ2n) is 2.18. The van der Waals surface area contributed by atoms with Crippen molar-refractivity contribution in [2.45, 2.75) is 0 Å². The van der Waals surface area contributed by atoms with Gasteiger partial charge in [0, 0.05) is 10.2 Å². The largest absolute Gasteiger partial charge is 0.328 e. The topological polar surface area (TPSA) is 12.0 Å². The van der Waals surface area contributed by atoms with Crippen LogP contribution in [0.3, 0.4) is 0 Å². The summed E-state index contributed by atoms with van der Waals surface area (Å²) in [7, 11) is 0. The molecule has 1 aromatic carbocycles. The molecule has 1 nitrogen and oxygen atoms in total. The molecule has 0 bridgehead atoms. The third-order valence-electron chi connectivity index (χ3n) is 1.26. The van der Waals surface area contributed by atoms with Crippen LogP contribution >= 0.6 is 27.9 Å². The standard InChI is InChI=1S/C9H10BrNS/c1-2-7-12-11-9-6-4-3-5-8(9)10/h2-6,11H,1,7H2. The molecule has 0 aliphatic rings. The van der Waals surface area contributed by atoms with Crippen LogP contribution < -0.4 is 4.72 Å². The Morgan fingerprint density at radius 3 is 2.92 bits per heavy atom. The predicted molar refractivity (Wildman–Crippen MR) is 60.4 cm³/mol. The fourth-order valence-corrected chi connectivity index (χ4v) is 1.77. The highest BCUT2D eigenvalue weighted by molar-refractivity contribution is 9.10. The molecule has 0 fully saturated rings. The van der Waals surface area contributed by atoms with Gasteiger partial charge in [-0.1, -0.05) is 18.2 Å². The molecular formula is C9H10BrNS. The van der Waals surface area contributed by atoms with Crippen molar-refractivity contribution in [3.63, 3.8) is 0 Å². The Kier molecular flexibility index (Phi) is 4.25. The minimum atomic E-state index is 0.904. The van der Waals surface area contributed by atoms with E-state index in [1.807, 2.05) is 30.3 Å². The van der Waals surface area contributed by atoms with Crippen molar-refractivity contribution in [3.8, 4) is 0 Å². The Morgan fingerprint density at radius 2 is 2.25 bits per heavy atom. The second-order valence-corrected chi connectivity index (χ2v) is 3.86. The summed E-state index contributed by atoms with van der Waals surface area (Å²) in [4.78, 5) is 0. The zero-order chi connectivity index (χ0) is 8.81. The Morgan fingerprint density at radius 1 is 1.50 bits per heavy atom. The molecule has 64 valence electrons. The first-order valence-corrected chi connectivity index (χ1v) is 5.35. The number of hydrogen-bond donors (Lipinski definition) is 1. The van der Waals surface area contributed by atoms with Gasteiger partial charge in [0.25, 0.3) is 0 Å². The smallest absolute Gasteiger partial charge is 0.0583 e. The third kappa shape index (κ3) is 2.91. The zero-order valence-electron chi connectivity index (χ0n) is 6.59. The summed E-state index contributed by atoms with van der Waals surface area (Å²) in [5.41, 5.74) is 1.10. The van der Waals surface area contributed by atoms with E-state index in [0.717, 1.165) is 15.9 Å². The van der Waals surface area contributed by atoms with Crippen LogP contribution in [-0.2, 0) is 0 Å². The zero-order valence-corrected chi connectivity index (χ0v) is 8.99. The molecule has 0 unspecified atom stereocenters. The van der Waals surface area contributed by atoms with E-state index in [4.69, 9.17) is 0 Å². The van der Waals surface area contributed by atoms with E-state index in [0.29, 0.717) is 0 Å². The number of hydrogen-bond acceptors (Lipinski definition) is 2. The molecule has 1 N–H and O–H groups in total. The van der Waals surface area contributed by atoms with Crippen molar-refractivity contribution in [1.29, 1.82) is 0 Å². The lowest BCUT2D eigenvalue weighted by Crippen LogP contribution is -1.87. The Labute approximate surface area is 85.5 Å². The summed E-state index contributed by atoms with van der Waals surface area (Å²) in [6.07, 6.45) is 1.87. The van der Waals surface area contributed by atoms with Gasteiger partial charge in [0.15, 0.2) is 0 Å². The maximum atomic E-state index is 3.64. The van der Waals surface area contributed by atoms with Crippen LogP contribution in [0.5, 0.6) is 0 Å². The number of benzene rings is 1. The van der Waals surface area contributed by atoms with E-state index < -0.39 is 0 Å². The van der Waals surface area contributed by atoms with Gasteiger partial charge in [0.1, 0.15) is 0 Å². The molecule has 12 heavy (non-hydrogen) atoms. The van der Waals surface area contributed by atoms with Crippen molar-refractivity contribution >= 4 is 33.6 Å². The fourth-order valence-electron chi connectivity index (χ4n) is 0.722. The number of nitrogens with one attached hydrogen (secondary N) is 1. The van der Waals surface area contributed by atoms with Gasteiger partial charge in [-0.2, -0.15) is 0 Å². The van der Waals surface area contributed by atoms with Crippen LogP contribution in [0, 0.1) is 0 Å². The minimum Gasteiger partial charge on any atom is -0.328 e. The molecule has 0 saturated carbocycles. The van der Waals surface area contributed by atoms with Crippen LogP contribution in [0.4, 0.5) is 5.69 Å². The highest BCUT2D eigenvalue weighted by Gasteiger charge is 1.94. The van der Waals surface area contributed by atoms with Crippen LogP contribution in [0.2, 0.25) is 0 Å². The quantitative estimate of drug-likeness (QED) is 0.492. The van der Waals surface area contributed by atoms with E-state index in [1.165, 1.54) is 0 Å². The SMILES string of the molecule is C=CCSNc1ccccc1Br. The molecule has 0 amide bonds. The first kappa shape index (κ1) is 9.68. The van der Waals surface area contributed by atoms with Crippen LogP contribution in [0.15, 0.2) is 41.4 Å². The van der Waals surface area contributed by atoms with Crippen molar-refractivity contribution in [1.82, 2.24) is 0 Å². The summed E-state index contributed by atoms with van der Waals surface area (Å²) in [6.45, 7) is 3.64. The molecular weight excluding hydrogens is 234 g/mol. The molecule has 0 aliphatic heterocycles. The van der Waals surface area contributed by atoms with Gasteiger partial charge in [-0.3, -0.25) is 0 Å². The molecule has 0 heterocycles. The van der Waals surface area contributed by atoms with Crippen LogP contribution in [0.25, 0.3) is 0 Å². The maximum absolute atomic E-state index is 3.64. The summed E-state index contributed by atoms with van der Waals surface area (Å²) in [5.74, 6) is 0.904. The lowest BCUT2D eigenvalue weighted by Gasteiger charge is -2.04. The molecule has 0 radical (unpaired) electrons. The van der Waals surface area contributed by atoms with E-state index in [-0.39, 0.29) is 0 Å². The normalized spacial score (nSPS) is 9.42. The first-order valence-electron chi connectivity index (χ1n) is 3.58. The summed E-state index contributed by atoms with van der Waals surface area (Å²) in [5, 5.41) is 0. The number of anilines is 1. The molecule has 3 heteroatoms. The van der Waals surface area contributed by atoms with Gasteiger partial charge in [-0.25, -0.2) is 0 Å². The van der Waals surface area contributed by atoms with Crippen molar-refractivity contribution in [2.24, 2.45) is 0 Å². The molecule has 0 saturated heterocycles. The van der Waals surface area contributed by atoms with Gasteiger partial charge in [0.2, 0.25) is 0 Å². The Balaban J connectivity index is 2.51. The lowest BCUT2D eigenvalue weighted by atomic mass is 10.3. The van der Waals surface area contributed by atoms with Crippen LogP contribution in [-0.4, -0.2) is 5.75 Å². The molecule has 0 atom stereocenters. The highest BCUT2D eigenvalue weighted by Crippen LogP contribution is 2.23. The van der Waals surface area contributed by atoms with Crippen molar-refractivity contribution < 1.29 is 0 Å². The average Bonchev–Trinajstić information content (AvgIpc) is 2.09. The maximum Gasteiger partial charge on any atom is 0.0583 e. The lowest BCUT2D eigenvalue weighted by molar-refractivity contribution is 1.62. The molecule has 1 rings (SSSR count). The van der Waals surface area contributed by atoms with Gasteiger partial charge >= 0.3 is 0 Å². The van der Waals surface area contributed by atoms with E-state index in [9.17, 15) is 0 Å². The summed E-state index contributed by atoms with van der Waals surface area (Å²) < 4.78 is 4.30. The number of para-hydroxylation sites is 1. The van der Waals surface area contributed by atoms with Crippen LogP contribution in [0.1, 0.15) is 0 Å². The van der Waals surface area contributed by atoms with E-state index >= 15 is 0 Å². The Hall–Kier alpha value is -0.410. The van der Waals surface area contributed by atoms with Gasteiger partial charge in [-0.05, 0) is 40.0 Å². The van der Waals surface area contributed by atoms with Gasteiger partial charge in [-0.15, -0.1) is 6.58 Å². The van der Waals surface area contributed by atoms with E-state index in [2.05, 4.69) is 27.2 Å². The molecule has 0 aliphatic carbocycles. The first-order chi connectivity index (χ1) is 5.84. The van der Waals surface area contributed by atoms with Gasteiger partial charge < -0.3 is 4.72 Å². The number of halogens is 1. The molecule has 0 aromatic heterocycles. The predicted octanol–water partition coefficient (Wildman–Crippen LogP) is 3.70. The third-order valence-corrected chi connectivity index (χ3v) is 2.72. The number of rotatable bonds is 4. The van der Waals surface area contributed by atoms with Gasteiger partial charge in [0.05, 0.1) is 5.69 Å². The van der Waals surface area contributed by atoms with E-state index in [1.54, 1.807) is 11.9 Å². The summed E-state index contributed by atoms with van der Waals surface area (Å²) >= 11 is 5.07. The molecule has 0 spiro atoms. The summed E-state index contributed by atoms with van der Waals surface area (Å²) in [6, 6.07) is 8.03. The minimum absolute atomic E-state index is 0.904. The monoisotopic (exact) mass is 243 g/mol. The fraction of sp³-hybridized carbons (Fsp3) is 0.111. The van der Waals surface area contributed by atoms with Crippen molar-refractivity contribution in [3.05, 3.63) is 41.4 Å². The average molecular weight is 244 g/mol. The second kappa shape index (κ2) is 5.27. The molecule has 1 aromatic rings.